The van der Waals surface area contributed by atoms with E-state index in [0.717, 1.165) is 29.5 Å². The average molecular weight is 301 g/mol. The number of nitrogens with two attached hydrogens (primary N) is 1. The first-order valence-electron chi connectivity index (χ1n) is 6.08. The van der Waals surface area contributed by atoms with Gasteiger partial charge in [0, 0.05) is 23.6 Å². The molecule has 0 aliphatic carbocycles. The summed E-state index contributed by atoms with van der Waals surface area (Å²) in [5, 5.41) is 0. The molecule has 1 heterocycles. The first-order valence-corrected chi connectivity index (χ1v) is 6.88. The Morgan fingerprint density at radius 2 is 2.24 bits per heavy atom. The molecule has 2 nitrogen and oxygen atoms in total. The number of hydrogen-bond acceptors (Lipinski definition) is 2. The van der Waals surface area contributed by atoms with Gasteiger partial charge in [-0.3, -0.25) is 4.90 Å². The molecule has 1 aliphatic heterocycles. The highest BCUT2D eigenvalue weighted by molar-refractivity contribution is 9.10. The van der Waals surface area contributed by atoms with Gasteiger partial charge in [-0.25, -0.2) is 4.39 Å². The fourth-order valence-electron chi connectivity index (χ4n) is 2.42. The lowest BCUT2D eigenvalue weighted by atomic mass is 10.0. The molecule has 0 bridgehead atoms. The average Bonchev–Trinajstić information content (AvgIpc) is 2.34. The molecule has 94 valence electrons. The van der Waals surface area contributed by atoms with E-state index in [0.29, 0.717) is 12.6 Å². The van der Waals surface area contributed by atoms with Crippen molar-refractivity contribution < 1.29 is 4.39 Å². The highest BCUT2D eigenvalue weighted by Gasteiger charge is 2.21. The molecule has 1 aliphatic rings. The molecule has 2 N–H and O–H groups in total. The Morgan fingerprint density at radius 3 is 3.00 bits per heavy atom. The normalized spacial score (nSPS) is 21.7. The lowest BCUT2D eigenvalue weighted by Gasteiger charge is -2.35. The molecule has 1 saturated heterocycles. The smallest absolute Gasteiger partial charge is 0.123 e. The second-order valence-electron chi connectivity index (χ2n) is 4.59. The van der Waals surface area contributed by atoms with E-state index < -0.39 is 0 Å². The third-order valence-corrected chi connectivity index (χ3v) is 4.18. The molecular weight excluding hydrogens is 283 g/mol. The minimum absolute atomic E-state index is 0.176. The summed E-state index contributed by atoms with van der Waals surface area (Å²) in [6.45, 7) is 2.53. The van der Waals surface area contributed by atoms with E-state index >= 15 is 0 Å². The van der Waals surface area contributed by atoms with Crippen molar-refractivity contribution >= 4 is 15.9 Å². The molecule has 0 amide bonds. The molecule has 17 heavy (non-hydrogen) atoms. The van der Waals surface area contributed by atoms with Crippen molar-refractivity contribution in [2.45, 2.75) is 31.8 Å². The van der Waals surface area contributed by atoms with Gasteiger partial charge in [-0.1, -0.05) is 22.4 Å². The zero-order valence-electron chi connectivity index (χ0n) is 9.83. The van der Waals surface area contributed by atoms with Crippen LogP contribution < -0.4 is 5.73 Å². The maximum atomic E-state index is 13.2. The Balaban J connectivity index is 2.10. The van der Waals surface area contributed by atoms with Crippen molar-refractivity contribution in [2.24, 2.45) is 5.73 Å². The van der Waals surface area contributed by atoms with Crippen LogP contribution in [0.4, 0.5) is 4.39 Å². The number of piperidine rings is 1. The summed E-state index contributed by atoms with van der Waals surface area (Å²) in [5.74, 6) is -0.176. The van der Waals surface area contributed by atoms with Gasteiger partial charge in [-0.05, 0) is 43.1 Å². The highest BCUT2D eigenvalue weighted by Crippen LogP contribution is 2.23. The van der Waals surface area contributed by atoms with Crippen LogP contribution in [0.25, 0.3) is 0 Å². The maximum absolute atomic E-state index is 13.2. The summed E-state index contributed by atoms with van der Waals surface area (Å²) in [6, 6.07) is 5.29. The summed E-state index contributed by atoms with van der Waals surface area (Å²) < 4.78 is 14.2. The van der Waals surface area contributed by atoms with Crippen molar-refractivity contribution in [3.8, 4) is 0 Å². The zero-order chi connectivity index (χ0) is 12.3. The Kier molecular flexibility index (Phi) is 4.54. The maximum Gasteiger partial charge on any atom is 0.123 e. The van der Waals surface area contributed by atoms with Crippen LogP contribution in [0, 0.1) is 5.82 Å². The largest absolute Gasteiger partial charge is 0.329 e. The predicted molar refractivity (Wildman–Crippen MR) is 71.2 cm³/mol. The van der Waals surface area contributed by atoms with Crippen molar-refractivity contribution in [3.05, 3.63) is 34.1 Å². The summed E-state index contributed by atoms with van der Waals surface area (Å²) in [5.41, 5.74) is 6.79. The summed E-state index contributed by atoms with van der Waals surface area (Å²) in [7, 11) is 0. The third kappa shape index (κ3) is 3.27. The van der Waals surface area contributed by atoms with Gasteiger partial charge >= 0.3 is 0 Å². The molecule has 0 aromatic heterocycles. The van der Waals surface area contributed by atoms with Gasteiger partial charge in [0.05, 0.1) is 0 Å². The molecule has 0 saturated carbocycles. The Bertz CT molecular complexity index is 384. The van der Waals surface area contributed by atoms with E-state index in [9.17, 15) is 4.39 Å². The fraction of sp³-hybridized carbons (Fsp3) is 0.538. The monoisotopic (exact) mass is 300 g/mol. The quantitative estimate of drug-likeness (QED) is 0.930. The SMILES string of the molecule is NCC1CCCCN1Cc1cc(F)ccc1Br. The van der Waals surface area contributed by atoms with Gasteiger partial charge < -0.3 is 5.73 Å². The first kappa shape index (κ1) is 13.0. The van der Waals surface area contributed by atoms with Crippen LogP contribution in [0.2, 0.25) is 0 Å². The van der Waals surface area contributed by atoms with Gasteiger partial charge in [-0.15, -0.1) is 0 Å². The summed E-state index contributed by atoms with van der Waals surface area (Å²) in [4.78, 5) is 2.36. The molecule has 1 atom stereocenters. The van der Waals surface area contributed by atoms with Gasteiger partial charge in [0.2, 0.25) is 0 Å². The summed E-state index contributed by atoms with van der Waals surface area (Å²) in [6.07, 6.45) is 3.62. The van der Waals surface area contributed by atoms with Crippen LogP contribution in [-0.4, -0.2) is 24.0 Å². The van der Waals surface area contributed by atoms with Crippen LogP contribution in [0.15, 0.2) is 22.7 Å². The van der Waals surface area contributed by atoms with E-state index in [1.807, 2.05) is 0 Å². The molecule has 2 rings (SSSR count). The molecule has 1 unspecified atom stereocenters. The predicted octanol–water partition coefficient (Wildman–Crippen LogP) is 2.90. The van der Waals surface area contributed by atoms with Crippen molar-refractivity contribution in [3.63, 3.8) is 0 Å². The number of nitrogens with zero attached hydrogens (tertiary/aromatic N) is 1. The number of halogens is 2. The topological polar surface area (TPSA) is 29.3 Å². The van der Waals surface area contributed by atoms with E-state index in [1.165, 1.54) is 18.9 Å². The number of likely N-dealkylation sites (tertiary alicyclic amines) is 1. The molecule has 0 radical (unpaired) electrons. The lowest BCUT2D eigenvalue weighted by molar-refractivity contribution is 0.144. The molecule has 1 aromatic rings. The number of rotatable bonds is 3. The molecule has 1 aromatic carbocycles. The van der Waals surface area contributed by atoms with Gasteiger partial charge in [0.15, 0.2) is 0 Å². The Morgan fingerprint density at radius 1 is 1.41 bits per heavy atom. The van der Waals surface area contributed by atoms with Gasteiger partial charge in [0.25, 0.3) is 0 Å². The molecule has 1 fully saturated rings. The van der Waals surface area contributed by atoms with Crippen LogP contribution in [0.1, 0.15) is 24.8 Å². The molecular formula is C13H18BrFN2. The standard InChI is InChI=1S/C13H18BrFN2/c14-13-5-4-11(15)7-10(13)9-17-6-2-1-3-12(17)8-16/h4-5,7,12H,1-3,6,8-9,16H2. The van der Waals surface area contributed by atoms with Crippen molar-refractivity contribution in [1.29, 1.82) is 0 Å². The fourth-order valence-corrected chi connectivity index (χ4v) is 2.79. The van der Waals surface area contributed by atoms with E-state index in [-0.39, 0.29) is 5.82 Å². The molecule has 4 heteroatoms. The van der Waals surface area contributed by atoms with Crippen molar-refractivity contribution in [2.75, 3.05) is 13.1 Å². The minimum Gasteiger partial charge on any atom is -0.329 e. The van der Waals surface area contributed by atoms with E-state index in [1.54, 1.807) is 12.1 Å². The van der Waals surface area contributed by atoms with Crippen LogP contribution in [-0.2, 0) is 6.54 Å². The van der Waals surface area contributed by atoms with Crippen LogP contribution >= 0.6 is 15.9 Å². The van der Waals surface area contributed by atoms with E-state index in [2.05, 4.69) is 20.8 Å². The van der Waals surface area contributed by atoms with Crippen molar-refractivity contribution in [1.82, 2.24) is 4.90 Å². The highest BCUT2D eigenvalue weighted by atomic mass is 79.9. The van der Waals surface area contributed by atoms with E-state index in [4.69, 9.17) is 5.73 Å². The third-order valence-electron chi connectivity index (χ3n) is 3.40. The Labute approximate surface area is 110 Å². The summed E-state index contributed by atoms with van der Waals surface area (Å²) >= 11 is 3.47. The van der Waals surface area contributed by atoms with Crippen LogP contribution in [0.5, 0.6) is 0 Å². The van der Waals surface area contributed by atoms with Crippen LogP contribution in [0.3, 0.4) is 0 Å². The lowest BCUT2D eigenvalue weighted by Crippen LogP contribution is -2.43. The molecule has 0 spiro atoms. The van der Waals surface area contributed by atoms with Gasteiger partial charge in [0.1, 0.15) is 5.82 Å². The Hall–Kier alpha value is -0.450. The zero-order valence-corrected chi connectivity index (χ0v) is 11.4. The minimum atomic E-state index is -0.176. The first-order chi connectivity index (χ1) is 8.20. The number of benzene rings is 1. The number of hydrogen-bond donors (Lipinski definition) is 1. The van der Waals surface area contributed by atoms with Gasteiger partial charge in [-0.2, -0.15) is 0 Å². The second kappa shape index (κ2) is 5.94. The second-order valence-corrected chi connectivity index (χ2v) is 5.45.